The number of aromatic nitrogens is 1. The first kappa shape index (κ1) is 18.9. The first-order valence-electron chi connectivity index (χ1n) is 9.38. The van der Waals surface area contributed by atoms with Crippen LogP contribution in [0, 0.1) is 5.92 Å². The van der Waals surface area contributed by atoms with Crippen molar-refractivity contribution in [2.24, 2.45) is 5.92 Å². The lowest BCUT2D eigenvalue weighted by atomic mass is 9.81. The van der Waals surface area contributed by atoms with Gasteiger partial charge in [0.25, 0.3) is 5.91 Å². The second kappa shape index (κ2) is 7.50. The van der Waals surface area contributed by atoms with Gasteiger partial charge in [-0.15, -0.1) is 11.3 Å². The summed E-state index contributed by atoms with van der Waals surface area (Å²) >= 11 is 13.7. The van der Waals surface area contributed by atoms with Gasteiger partial charge in [0, 0.05) is 12.0 Å². The predicted octanol–water partition coefficient (Wildman–Crippen LogP) is 6.41. The van der Waals surface area contributed by atoms with Crippen LogP contribution in [-0.4, -0.2) is 16.9 Å². The molecule has 3 nitrogen and oxygen atoms in total. The molecule has 0 saturated heterocycles. The van der Waals surface area contributed by atoms with Crippen molar-refractivity contribution < 1.29 is 4.79 Å². The standard InChI is InChI=1S/C21H22Cl2N2OS/c1-3-11(4-2)17-13-8-6-5-7-12(13)9-14(17)25-21(26)15-10-16-19(24-15)18(22)20(23)27-16/h5-8,10-11,14,17,24H,3-4,9H2,1-2H3,(H,25,26)/t14?,17-/m1/s1. The van der Waals surface area contributed by atoms with E-state index in [1.165, 1.54) is 22.5 Å². The Morgan fingerprint density at radius 2 is 2.04 bits per heavy atom. The molecular weight excluding hydrogens is 399 g/mol. The first-order chi connectivity index (χ1) is 13.0. The average Bonchev–Trinajstić information content (AvgIpc) is 3.31. The number of carbonyl (C=O) groups is 1. The zero-order valence-corrected chi connectivity index (χ0v) is 17.6. The normalized spacial score (nSPS) is 19.0. The Morgan fingerprint density at radius 1 is 1.30 bits per heavy atom. The van der Waals surface area contributed by atoms with E-state index in [1.54, 1.807) is 0 Å². The summed E-state index contributed by atoms with van der Waals surface area (Å²) in [6, 6.07) is 10.5. The Labute approximate surface area is 173 Å². The Hall–Kier alpha value is -1.49. The van der Waals surface area contributed by atoms with E-state index in [0.29, 0.717) is 26.9 Å². The number of fused-ring (bicyclic) bond motifs is 2. The van der Waals surface area contributed by atoms with Gasteiger partial charge in [-0.05, 0) is 29.5 Å². The summed E-state index contributed by atoms with van der Waals surface area (Å²) < 4.78 is 1.45. The highest BCUT2D eigenvalue weighted by Gasteiger charge is 2.37. The fourth-order valence-corrected chi connectivity index (χ4v) is 5.91. The lowest BCUT2D eigenvalue weighted by Gasteiger charge is -2.28. The molecule has 2 N–H and O–H groups in total. The van der Waals surface area contributed by atoms with Crippen molar-refractivity contribution in [3.05, 3.63) is 56.5 Å². The number of nitrogens with one attached hydrogen (secondary N) is 2. The molecular formula is C21H22Cl2N2OS. The minimum Gasteiger partial charge on any atom is -0.349 e. The number of hydrogen-bond donors (Lipinski definition) is 2. The summed E-state index contributed by atoms with van der Waals surface area (Å²) in [5.74, 6) is 0.827. The zero-order valence-electron chi connectivity index (χ0n) is 15.3. The third-order valence-corrected chi connectivity index (χ3v) is 7.71. The van der Waals surface area contributed by atoms with Crippen molar-refractivity contribution in [3.63, 3.8) is 0 Å². The molecule has 4 rings (SSSR count). The number of benzene rings is 1. The Balaban J connectivity index is 1.60. The predicted molar refractivity (Wildman–Crippen MR) is 114 cm³/mol. The molecule has 3 aromatic rings. The van der Waals surface area contributed by atoms with Crippen molar-refractivity contribution in [1.29, 1.82) is 0 Å². The lowest BCUT2D eigenvalue weighted by molar-refractivity contribution is 0.0922. The molecule has 1 aliphatic rings. The lowest BCUT2D eigenvalue weighted by Crippen LogP contribution is -2.40. The Bertz CT molecular complexity index is 989. The summed E-state index contributed by atoms with van der Waals surface area (Å²) in [5.41, 5.74) is 4.01. The van der Waals surface area contributed by atoms with E-state index >= 15 is 0 Å². The number of halogens is 2. The molecule has 0 radical (unpaired) electrons. The molecule has 2 atom stereocenters. The topological polar surface area (TPSA) is 44.9 Å². The molecule has 2 heterocycles. The molecule has 0 bridgehead atoms. The Morgan fingerprint density at radius 3 is 2.74 bits per heavy atom. The Kier molecular flexibility index (Phi) is 5.23. The van der Waals surface area contributed by atoms with Gasteiger partial charge >= 0.3 is 0 Å². The van der Waals surface area contributed by atoms with Gasteiger partial charge in [-0.2, -0.15) is 0 Å². The van der Waals surface area contributed by atoms with Crippen LogP contribution in [0.15, 0.2) is 30.3 Å². The van der Waals surface area contributed by atoms with Gasteiger partial charge in [-0.25, -0.2) is 0 Å². The maximum absolute atomic E-state index is 12.9. The van der Waals surface area contributed by atoms with Crippen LogP contribution in [0.5, 0.6) is 0 Å². The molecule has 1 aromatic carbocycles. The second-order valence-electron chi connectivity index (χ2n) is 7.20. The third kappa shape index (κ3) is 3.28. The summed E-state index contributed by atoms with van der Waals surface area (Å²) in [6.45, 7) is 4.47. The second-order valence-corrected chi connectivity index (χ2v) is 9.23. The van der Waals surface area contributed by atoms with E-state index in [-0.39, 0.29) is 11.9 Å². The minimum atomic E-state index is -0.0839. The molecule has 27 heavy (non-hydrogen) atoms. The highest BCUT2D eigenvalue weighted by atomic mass is 35.5. The van der Waals surface area contributed by atoms with E-state index in [0.717, 1.165) is 29.5 Å². The van der Waals surface area contributed by atoms with Crippen molar-refractivity contribution in [2.45, 2.75) is 45.1 Å². The first-order valence-corrected chi connectivity index (χ1v) is 11.0. The van der Waals surface area contributed by atoms with Crippen molar-refractivity contribution in [1.82, 2.24) is 10.3 Å². The molecule has 1 aliphatic carbocycles. The molecule has 0 aliphatic heterocycles. The number of amides is 1. The van der Waals surface area contributed by atoms with Crippen molar-refractivity contribution in [3.8, 4) is 0 Å². The minimum absolute atomic E-state index is 0.0839. The summed E-state index contributed by atoms with van der Waals surface area (Å²) in [6.07, 6.45) is 3.09. The van der Waals surface area contributed by atoms with Crippen LogP contribution in [0.4, 0.5) is 0 Å². The molecule has 0 fully saturated rings. The number of thiophene rings is 1. The van der Waals surface area contributed by atoms with Gasteiger partial charge in [0.05, 0.1) is 15.2 Å². The van der Waals surface area contributed by atoms with Gasteiger partial charge in [0.1, 0.15) is 10.0 Å². The van der Waals surface area contributed by atoms with Gasteiger partial charge in [-0.1, -0.05) is 74.2 Å². The van der Waals surface area contributed by atoms with E-state index < -0.39 is 0 Å². The smallest absolute Gasteiger partial charge is 0.268 e. The number of hydrogen-bond acceptors (Lipinski definition) is 2. The van der Waals surface area contributed by atoms with Gasteiger partial charge in [0.2, 0.25) is 0 Å². The van der Waals surface area contributed by atoms with Crippen LogP contribution >= 0.6 is 34.5 Å². The maximum atomic E-state index is 12.9. The van der Waals surface area contributed by atoms with Crippen LogP contribution in [0.25, 0.3) is 10.2 Å². The fourth-order valence-electron chi connectivity index (χ4n) is 4.43. The van der Waals surface area contributed by atoms with Crippen LogP contribution in [0.3, 0.4) is 0 Å². The fraction of sp³-hybridized carbons (Fsp3) is 0.381. The molecule has 0 saturated carbocycles. The average molecular weight is 421 g/mol. The van der Waals surface area contributed by atoms with Gasteiger partial charge < -0.3 is 10.3 Å². The largest absolute Gasteiger partial charge is 0.349 e. The van der Waals surface area contributed by atoms with Crippen LogP contribution < -0.4 is 5.32 Å². The van der Waals surface area contributed by atoms with Gasteiger partial charge in [-0.3, -0.25) is 4.79 Å². The quantitative estimate of drug-likeness (QED) is 0.491. The number of carbonyl (C=O) groups excluding carboxylic acids is 1. The van der Waals surface area contributed by atoms with E-state index in [4.69, 9.17) is 23.2 Å². The van der Waals surface area contributed by atoms with Crippen LogP contribution in [0.1, 0.15) is 54.2 Å². The number of rotatable bonds is 5. The van der Waals surface area contributed by atoms with E-state index in [2.05, 4.69) is 48.4 Å². The van der Waals surface area contributed by atoms with Crippen LogP contribution in [0.2, 0.25) is 9.36 Å². The monoisotopic (exact) mass is 420 g/mol. The van der Waals surface area contributed by atoms with E-state index in [1.807, 2.05) is 6.07 Å². The molecule has 6 heteroatoms. The molecule has 2 aromatic heterocycles. The maximum Gasteiger partial charge on any atom is 0.268 e. The third-order valence-electron chi connectivity index (χ3n) is 5.78. The molecule has 1 amide bonds. The van der Waals surface area contributed by atoms with E-state index in [9.17, 15) is 4.79 Å². The SMILES string of the molecule is CCC(CC)[C@@H]1c2ccccc2CC1NC(=O)c1cc2sc(Cl)c(Cl)c2[nH]1. The van der Waals surface area contributed by atoms with Crippen molar-refractivity contribution >= 4 is 50.7 Å². The number of H-pyrrole nitrogens is 1. The number of aromatic amines is 1. The van der Waals surface area contributed by atoms with Crippen molar-refractivity contribution in [2.75, 3.05) is 0 Å². The summed E-state index contributed by atoms with van der Waals surface area (Å²) in [7, 11) is 0. The molecule has 1 unspecified atom stereocenters. The highest BCUT2D eigenvalue weighted by molar-refractivity contribution is 7.23. The zero-order chi connectivity index (χ0) is 19.1. The molecule has 142 valence electrons. The summed E-state index contributed by atoms with van der Waals surface area (Å²) in [4.78, 5) is 16.1. The van der Waals surface area contributed by atoms with Gasteiger partial charge in [0.15, 0.2) is 0 Å². The molecule has 0 spiro atoms. The van der Waals surface area contributed by atoms with Crippen LogP contribution in [-0.2, 0) is 6.42 Å². The highest BCUT2D eigenvalue weighted by Crippen LogP contribution is 2.42. The summed E-state index contributed by atoms with van der Waals surface area (Å²) in [5, 5.41) is 3.77.